The van der Waals surface area contributed by atoms with Crippen molar-refractivity contribution in [3.63, 3.8) is 0 Å². The lowest BCUT2D eigenvalue weighted by molar-refractivity contribution is -0.146. The van der Waals surface area contributed by atoms with Crippen LogP contribution in [-0.4, -0.2) is 29.4 Å². The topological polar surface area (TPSA) is 85.4 Å². The third-order valence-corrected chi connectivity index (χ3v) is 4.65. The lowest BCUT2D eigenvalue weighted by Gasteiger charge is -2.20. The van der Waals surface area contributed by atoms with E-state index in [1.165, 1.54) is 6.08 Å². The van der Waals surface area contributed by atoms with Crippen LogP contribution in [0.3, 0.4) is 0 Å². The highest BCUT2D eigenvalue weighted by Crippen LogP contribution is 2.23. The van der Waals surface area contributed by atoms with Crippen LogP contribution in [0.1, 0.15) is 37.7 Å². The second-order valence-corrected chi connectivity index (χ2v) is 6.61. The fourth-order valence-electron chi connectivity index (χ4n) is 3.25. The van der Waals surface area contributed by atoms with Crippen molar-refractivity contribution in [2.24, 2.45) is 5.92 Å². The van der Waals surface area contributed by atoms with Crippen molar-refractivity contribution in [2.75, 3.05) is 6.61 Å². The van der Waals surface area contributed by atoms with E-state index >= 15 is 0 Å². The molecule has 0 saturated heterocycles. The van der Waals surface area contributed by atoms with Gasteiger partial charge in [-0.15, -0.1) is 0 Å². The third kappa shape index (κ3) is 5.23. The Morgan fingerprint density at radius 3 is 2.70 bits per heavy atom. The maximum atomic E-state index is 12.0. The van der Waals surface area contributed by atoms with Crippen LogP contribution in [-0.2, 0) is 19.1 Å². The monoisotopic (exact) mass is 366 g/mol. The van der Waals surface area contributed by atoms with Crippen LogP contribution in [0.25, 0.3) is 17.0 Å². The van der Waals surface area contributed by atoms with Gasteiger partial charge in [0.25, 0.3) is 5.91 Å². The summed E-state index contributed by atoms with van der Waals surface area (Å²) in [6.45, 7) is -0.477. The molecule has 1 aliphatic carbocycles. The summed E-state index contributed by atoms with van der Waals surface area (Å²) in [6, 6.07) is 9.43. The predicted octanol–water partition coefficient (Wildman–Crippen LogP) is 3.01. The average molecular weight is 366 g/mol. The lowest BCUT2D eigenvalue weighted by atomic mass is 9.89. The van der Waals surface area contributed by atoms with Crippen LogP contribution < -0.4 is 5.32 Å². The summed E-state index contributed by atoms with van der Waals surface area (Å²) in [5, 5.41) is 3.28. The molecule has 1 saturated carbocycles. The Hall–Kier alpha value is -3.02. The largest absolute Gasteiger partial charge is 0.452 e. The molecule has 1 N–H and O–H groups in total. The zero-order valence-corrected chi connectivity index (χ0v) is 15.0. The molecule has 0 atom stereocenters. The molecule has 6 nitrogen and oxygen atoms in total. The summed E-state index contributed by atoms with van der Waals surface area (Å²) in [4.78, 5) is 40.0. The van der Waals surface area contributed by atoms with E-state index in [4.69, 9.17) is 4.74 Å². The molecule has 1 aromatic heterocycles. The molecule has 0 radical (unpaired) electrons. The first-order valence-electron chi connectivity index (χ1n) is 9.16. The number of fused-ring (bicyclic) bond motifs is 1. The standard InChI is InChI=1S/C21H22N2O4/c24-18(23-21(26)17-6-2-1-3-7-17)14-27-19(25)12-11-16-9-4-8-15-10-5-13-22-20(15)16/h4-5,8-13,17H,1-3,6-7,14H2,(H,23,24,26)/b12-11+. The Morgan fingerprint density at radius 1 is 1.11 bits per heavy atom. The first-order chi connectivity index (χ1) is 13.1. The second-order valence-electron chi connectivity index (χ2n) is 6.61. The molecular weight excluding hydrogens is 344 g/mol. The number of rotatable bonds is 5. The van der Waals surface area contributed by atoms with Crippen LogP contribution in [0.15, 0.2) is 42.6 Å². The highest BCUT2D eigenvalue weighted by molar-refractivity contribution is 5.98. The number of para-hydroxylation sites is 1. The van der Waals surface area contributed by atoms with Gasteiger partial charge in [0.2, 0.25) is 5.91 Å². The summed E-state index contributed by atoms with van der Waals surface area (Å²) in [6.07, 6.45) is 9.30. The molecule has 1 fully saturated rings. The van der Waals surface area contributed by atoms with E-state index in [-0.39, 0.29) is 11.8 Å². The molecule has 140 valence electrons. The number of aromatic nitrogens is 1. The number of amides is 2. The van der Waals surface area contributed by atoms with Gasteiger partial charge in [-0.25, -0.2) is 4.79 Å². The normalized spacial score (nSPS) is 15.0. The number of carbonyl (C=O) groups is 3. The minimum atomic E-state index is -0.650. The van der Waals surface area contributed by atoms with E-state index in [2.05, 4.69) is 10.3 Å². The number of hydrogen-bond acceptors (Lipinski definition) is 5. The fraction of sp³-hybridized carbons (Fsp3) is 0.333. The predicted molar refractivity (Wildman–Crippen MR) is 101 cm³/mol. The number of ether oxygens (including phenoxy) is 1. The summed E-state index contributed by atoms with van der Waals surface area (Å²) in [7, 11) is 0. The van der Waals surface area contributed by atoms with Crippen molar-refractivity contribution in [1.82, 2.24) is 10.3 Å². The van der Waals surface area contributed by atoms with Gasteiger partial charge in [0.15, 0.2) is 6.61 Å². The molecule has 2 amide bonds. The summed E-state index contributed by atoms with van der Waals surface area (Å²) < 4.78 is 4.92. The zero-order valence-electron chi connectivity index (χ0n) is 15.0. The number of nitrogens with zero attached hydrogens (tertiary/aromatic N) is 1. The summed E-state index contributed by atoms with van der Waals surface area (Å²) in [5.41, 5.74) is 1.56. The molecule has 0 bridgehead atoms. The maximum absolute atomic E-state index is 12.0. The van der Waals surface area contributed by atoms with Crippen molar-refractivity contribution in [3.05, 3.63) is 48.2 Å². The number of pyridine rings is 1. The van der Waals surface area contributed by atoms with Gasteiger partial charge in [-0.05, 0) is 25.0 Å². The average Bonchev–Trinajstić information content (AvgIpc) is 2.71. The number of nitrogens with one attached hydrogen (secondary N) is 1. The van der Waals surface area contributed by atoms with Gasteiger partial charge in [0.05, 0.1) is 5.52 Å². The number of hydrogen-bond donors (Lipinski definition) is 1. The van der Waals surface area contributed by atoms with E-state index < -0.39 is 18.5 Å². The van der Waals surface area contributed by atoms with Crippen molar-refractivity contribution >= 4 is 34.8 Å². The molecule has 0 aliphatic heterocycles. The number of esters is 1. The SMILES string of the molecule is O=C(COC(=O)/C=C/c1cccc2cccnc12)NC(=O)C1CCCCC1. The van der Waals surface area contributed by atoms with Crippen molar-refractivity contribution in [2.45, 2.75) is 32.1 Å². The second kappa shape index (κ2) is 9.07. The third-order valence-electron chi connectivity index (χ3n) is 4.65. The molecule has 0 spiro atoms. The number of carbonyl (C=O) groups excluding carboxylic acids is 3. The van der Waals surface area contributed by atoms with Gasteiger partial charge >= 0.3 is 5.97 Å². The van der Waals surface area contributed by atoms with Crippen molar-refractivity contribution < 1.29 is 19.1 Å². The van der Waals surface area contributed by atoms with E-state index in [9.17, 15) is 14.4 Å². The van der Waals surface area contributed by atoms with Gasteiger partial charge < -0.3 is 4.74 Å². The Labute approximate surface area is 157 Å². The van der Waals surface area contributed by atoms with Crippen molar-refractivity contribution in [3.8, 4) is 0 Å². The van der Waals surface area contributed by atoms with Gasteiger partial charge in [-0.3, -0.25) is 19.9 Å². The van der Waals surface area contributed by atoms with Crippen LogP contribution >= 0.6 is 0 Å². The van der Waals surface area contributed by atoms with Crippen LogP contribution in [0.4, 0.5) is 0 Å². The fourth-order valence-corrected chi connectivity index (χ4v) is 3.25. The van der Waals surface area contributed by atoms with Gasteiger partial charge in [-0.2, -0.15) is 0 Å². The number of benzene rings is 1. The lowest BCUT2D eigenvalue weighted by Crippen LogP contribution is -2.38. The quantitative estimate of drug-likeness (QED) is 0.649. The number of imide groups is 1. The molecule has 6 heteroatoms. The van der Waals surface area contributed by atoms with Gasteiger partial charge in [0, 0.05) is 29.1 Å². The maximum Gasteiger partial charge on any atom is 0.331 e. The highest BCUT2D eigenvalue weighted by Gasteiger charge is 2.22. The van der Waals surface area contributed by atoms with E-state index in [0.717, 1.165) is 48.6 Å². The smallest absolute Gasteiger partial charge is 0.331 e. The van der Waals surface area contributed by atoms with Gasteiger partial charge in [0.1, 0.15) is 0 Å². The molecule has 1 aromatic carbocycles. The minimum Gasteiger partial charge on any atom is -0.452 e. The Balaban J connectivity index is 1.49. The van der Waals surface area contributed by atoms with Crippen molar-refractivity contribution in [1.29, 1.82) is 0 Å². The van der Waals surface area contributed by atoms with E-state index in [1.54, 1.807) is 12.3 Å². The Morgan fingerprint density at radius 2 is 1.89 bits per heavy atom. The molecule has 3 rings (SSSR count). The van der Waals surface area contributed by atoms with Crippen LogP contribution in [0.5, 0.6) is 0 Å². The first-order valence-corrected chi connectivity index (χ1v) is 9.16. The molecule has 0 unspecified atom stereocenters. The molecule has 1 heterocycles. The molecule has 27 heavy (non-hydrogen) atoms. The summed E-state index contributed by atoms with van der Waals surface area (Å²) >= 11 is 0. The van der Waals surface area contributed by atoms with Crippen LogP contribution in [0.2, 0.25) is 0 Å². The molecular formula is C21H22N2O4. The minimum absolute atomic E-state index is 0.114. The van der Waals surface area contributed by atoms with Crippen LogP contribution in [0, 0.1) is 5.92 Å². The Bertz CT molecular complexity index is 864. The van der Waals surface area contributed by atoms with E-state index in [1.807, 2.05) is 30.3 Å². The van der Waals surface area contributed by atoms with E-state index in [0.29, 0.717) is 0 Å². The molecule has 2 aromatic rings. The molecule has 1 aliphatic rings. The van der Waals surface area contributed by atoms with Gasteiger partial charge in [-0.1, -0.05) is 43.5 Å². The Kier molecular flexibility index (Phi) is 6.30. The highest BCUT2D eigenvalue weighted by atomic mass is 16.5. The zero-order chi connectivity index (χ0) is 19.1. The summed E-state index contributed by atoms with van der Waals surface area (Å²) in [5.74, 6) is -1.63. The first kappa shape index (κ1) is 18.8.